The molecule has 0 saturated heterocycles. The highest BCUT2D eigenvalue weighted by molar-refractivity contribution is 5.86. The van der Waals surface area contributed by atoms with Crippen LogP contribution in [0, 0.1) is 12.8 Å². The van der Waals surface area contributed by atoms with Crippen molar-refractivity contribution >= 4 is 5.84 Å². The Kier molecular flexibility index (Phi) is 13.8. The molecule has 0 fully saturated rings. The molecule has 0 aliphatic carbocycles. The first-order valence-electron chi connectivity index (χ1n) is 9.64. The van der Waals surface area contributed by atoms with Gasteiger partial charge in [0.15, 0.2) is 0 Å². The molecule has 0 saturated carbocycles. The van der Waals surface area contributed by atoms with Gasteiger partial charge in [0.25, 0.3) is 0 Å². The average Bonchev–Trinajstić information content (AvgIpc) is 3.05. The van der Waals surface area contributed by atoms with Gasteiger partial charge in [-0.25, -0.2) is 0 Å². The van der Waals surface area contributed by atoms with Crippen LogP contribution in [0.3, 0.4) is 0 Å². The highest BCUT2D eigenvalue weighted by Crippen LogP contribution is 2.20. The Bertz CT molecular complexity index is 467. The number of hydrogen-bond donors (Lipinski definition) is 1. The number of aliphatic imine (C=N–C) groups is 1. The molecule has 2 rings (SSSR count). The monoisotopic (exact) mass is 345 g/mol. The highest BCUT2D eigenvalue weighted by atomic mass is 15.2. The molecule has 0 spiro atoms. The summed E-state index contributed by atoms with van der Waals surface area (Å²) in [6.45, 7) is 13.5. The van der Waals surface area contributed by atoms with E-state index in [1.54, 1.807) is 0 Å². The van der Waals surface area contributed by atoms with E-state index in [4.69, 9.17) is 4.99 Å². The summed E-state index contributed by atoms with van der Waals surface area (Å²) < 4.78 is 0. The van der Waals surface area contributed by atoms with Gasteiger partial charge >= 0.3 is 0 Å². The summed E-state index contributed by atoms with van der Waals surface area (Å²) in [6, 6.07) is 10.3. The minimum absolute atomic E-state index is 0. The van der Waals surface area contributed by atoms with E-state index in [1.165, 1.54) is 49.9 Å². The first-order chi connectivity index (χ1) is 11.7. The smallest absolute Gasteiger partial charge is 0.102 e. The molecule has 1 unspecified atom stereocenters. The van der Waals surface area contributed by atoms with Crippen molar-refractivity contribution in [2.45, 2.75) is 59.3 Å². The Morgan fingerprint density at radius 3 is 2.40 bits per heavy atom. The van der Waals surface area contributed by atoms with Gasteiger partial charge in [0.2, 0.25) is 0 Å². The average molecular weight is 346 g/mol. The zero-order valence-corrected chi connectivity index (χ0v) is 16.7. The lowest BCUT2D eigenvalue weighted by Gasteiger charge is -2.25. The second-order valence-corrected chi connectivity index (χ2v) is 6.58. The van der Waals surface area contributed by atoms with Crippen molar-refractivity contribution in [3.05, 3.63) is 48.6 Å². The molecular weight excluding hydrogens is 306 g/mol. The maximum absolute atomic E-state index is 4.70. The van der Waals surface area contributed by atoms with Crippen LogP contribution in [0.4, 0.5) is 0 Å². The van der Waals surface area contributed by atoms with Gasteiger partial charge in [0, 0.05) is 19.0 Å². The Morgan fingerprint density at radius 1 is 1.16 bits per heavy atom. The molecule has 3 N–H and O–H groups in total. The third-order valence-electron chi connectivity index (χ3n) is 4.52. The standard InChI is InChI=1S/C15H28N2.C7H8.H3N/c1-4-7-8-9-10-14(6-3)15-16-11-13-17(15)12-5-2;1-7-5-3-2-4-6-7;/h5,14H,2,4,6-13H2,1,3H3;2-6H,1H3;1H3. The summed E-state index contributed by atoms with van der Waals surface area (Å²) in [5.41, 5.74) is 1.32. The van der Waals surface area contributed by atoms with Crippen molar-refractivity contribution in [1.82, 2.24) is 11.1 Å². The molecule has 3 nitrogen and oxygen atoms in total. The fourth-order valence-electron chi connectivity index (χ4n) is 3.10. The van der Waals surface area contributed by atoms with Crippen LogP contribution >= 0.6 is 0 Å². The first kappa shape index (κ1) is 23.4. The molecule has 1 heterocycles. The van der Waals surface area contributed by atoms with Crippen molar-refractivity contribution in [3.63, 3.8) is 0 Å². The Balaban J connectivity index is 0.000000603. The van der Waals surface area contributed by atoms with Crippen LogP contribution in [0.25, 0.3) is 0 Å². The largest absolute Gasteiger partial charge is 0.355 e. The summed E-state index contributed by atoms with van der Waals surface area (Å²) in [5, 5.41) is 0. The first-order valence-corrected chi connectivity index (χ1v) is 9.64. The number of hydrogen-bond acceptors (Lipinski definition) is 3. The lowest BCUT2D eigenvalue weighted by atomic mass is 9.96. The Hall–Kier alpha value is -1.61. The van der Waals surface area contributed by atoms with E-state index in [0.717, 1.165) is 19.6 Å². The van der Waals surface area contributed by atoms with E-state index in [9.17, 15) is 0 Å². The summed E-state index contributed by atoms with van der Waals surface area (Å²) in [7, 11) is 0. The maximum Gasteiger partial charge on any atom is 0.102 e. The van der Waals surface area contributed by atoms with E-state index in [2.05, 4.69) is 44.4 Å². The van der Waals surface area contributed by atoms with Crippen molar-refractivity contribution < 1.29 is 0 Å². The van der Waals surface area contributed by atoms with Gasteiger partial charge in [-0.15, -0.1) is 6.58 Å². The van der Waals surface area contributed by atoms with Crippen LogP contribution in [-0.2, 0) is 0 Å². The van der Waals surface area contributed by atoms with Gasteiger partial charge in [-0.05, 0) is 19.8 Å². The molecule has 0 amide bonds. The molecule has 1 atom stereocenters. The van der Waals surface area contributed by atoms with Crippen LogP contribution in [0.2, 0.25) is 0 Å². The van der Waals surface area contributed by atoms with Crippen molar-refractivity contribution in [3.8, 4) is 0 Å². The zero-order chi connectivity index (χ0) is 17.6. The number of amidine groups is 1. The summed E-state index contributed by atoms with van der Waals surface area (Å²) in [6.07, 6.45) is 9.95. The molecule has 1 aromatic rings. The Morgan fingerprint density at radius 2 is 1.88 bits per heavy atom. The van der Waals surface area contributed by atoms with Crippen LogP contribution < -0.4 is 6.15 Å². The minimum Gasteiger partial charge on any atom is -0.355 e. The molecule has 1 aromatic carbocycles. The molecule has 25 heavy (non-hydrogen) atoms. The maximum atomic E-state index is 4.70. The molecule has 142 valence electrons. The van der Waals surface area contributed by atoms with Crippen molar-refractivity contribution in [1.29, 1.82) is 0 Å². The third kappa shape index (κ3) is 9.45. The number of benzene rings is 1. The predicted octanol–water partition coefficient (Wildman–Crippen LogP) is 6.04. The lowest BCUT2D eigenvalue weighted by molar-refractivity contribution is 0.446. The normalized spacial score (nSPS) is 14.0. The van der Waals surface area contributed by atoms with E-state index in [0.29, 0.717) is 5.92 Å². The van der Waals surface area contributed by atoms with Crippen LogP contribution in [0.15, 0.2) is 48.0 Å². The fraction of sp³-hybridized carbons (Fsp3) is 0.591. The van der Waals surface area contributed by atoms with E-state index in [1.807, 2.05) is 24.3 Å². The summed E-state index contributed by atoms with van der Waals surface area (Å²) >= 11 is 0. The number of unbranched alkanes of at least 4 members (excludes halogenated alkanes) is 3. The number of aryl methyl sites for hydroxylation is 1. The fourth-order valence-corrected chi connectivity index (χ4v) is 3.10. The van der Waals surface area contributed by atoms with Gasteiger partial charge < -0.3 is 11.1 Å². The number of rotatable bonds is 9. The summed E-state index contributed by atoms with van der Waals surface area (Å²) in [5.74, 6) is 2.03. The predicted molar refractivity (Wildman–Crippen MR) is 113 cm³/mol. The molecule has 1 aliphatic heterocycles. The molecule has 1 aliphatic rings. The SMILES string of the molecule is C=CCN1CCN=C1C(CC)CCCCCC.Cc1ccccc1.N. The topological polar surface area (TPSA) is 50.6 Å². The molecule has 3 heteroatoms. The molecule has 0 bridgehead atoms. The van der Waals surface area contributed by atoms with Gasteiger partial charge in [-0.1, -0.05) is 81.5 Å². The quantitative estimate of drug-likeness (QED) is 0.438. The van der Waals surface area contributed by atoms with Gasteiger partial charge in [-0.3, -0.25) is 4.99 Å². The van der Waals surface area contributed by atoms with Gasteiger partial charge in [0.1, 0.15) is 5.84 Å². The van der Waals surface area contributed by atoms with E-state index >= 15 is 0 Å². The molecule has 0 radical (unpaired) electrons. The minimum atomic E-state index is 0. The van der Waals surface area contributed by atoms with Crippen LogP contribution in [-0.4, -0.2) is 30.4 Å². The van der Waals surface area contributed by atoms with E-state index < -0.39 is 0 Å². The highest BCUT2D eigenvalue weighted by Gasteiger charge is 2.22. The van der Waals surface area contributed by atoms with E-state index in [-0.39, 0.29) is 6.15 Å². The van der Waals surface area contributed by atoms with Gasteiger partial charge in [-0.2, -0.15) is 0 Å². The number of nitrogens with zero attached hydrogens (tertiary/aromatic N) is 2. The zero-order valence-electron chi connectivity index (χ0n) is 16.7. The summed E-state index contributed by atoms with van der Waals surface area (Å²) in [4.78, 5) is 7.10. The van der Waals surface area contributed by atoms with Gasteiger partial charge in [0.05, 0.1) is 6.54 Å². The van der Waals surface area contributed by atoms with Crippen LogP contribution in [0.5, 0.6) is 0 Å². The second-order valence-electron chi connectivity index (χ2n) is 6.58. The molecule has 0 aromatic heterocycles. The van der Waals surface area contributed by atoms with Crippen molar-refractivity contribution in [2.24, 2.45) is 10.9 Å². The van der Waals surface area contributed by atoms with Crippen molar-refractivity contribution in [2.75, 3.05) is 19.6 Å². The van der Waals surface area contributed by atoms with Crippen LogP contribution in [0.1, 0.15) is 57.9 Å². The molecular formula is C22H39N3. The lowest BCUT2D eigenvalue weighted by Crippen LogP contribution is -2.33. The second kappa shape index (κ2) is 14.7. The Labute approximate surface area is 155 Å². The third-order valence-corrected chi connectivity index (χ3v) is 4.52.